The largest absolute Gasteiger partial charge is 0.384 e. The first-order valence-corrected chi connectivity index (χ1v) is 5.90. The van der Waals surface area contributed by atoms with Crippen molar-refractivity contribution in [3.05, 3.63) is 0 Å². The first-order valence-electron chi connectivity index (χ1n) is 5.90. The van der Waals surface area contributed by atoms with Crippen LogP contribution in [0.1, 0.15) is 33.6 Å². The maximum absolute atomic E-state index is 5.69. The van der Waals surface area contributed by atoms with Gasteiger partial charge in [0.1, 0.15) is 0 Å². The molecule has 0 bridgehead atoms. The highest BCUT2D eigenvalue weighted by molar-refractivity contribution is 4.83. The lowest BCUT2D eigenvalue weighted by Crippen LogP contribution is -2.45. The maximum atomic E-state index is 5.69. The Hall–Kier alpha value is -0.120. The zero-order valence-corrected chi connectivity index (χ0v) is 10.5. The summed E-state index contributed by atoms with van der Waals surface area (Å²) in [5.74, 6) is 0.584. The fourth-order valence-electron chi connectivity index (χ4n) is 2.12. The first kappa shape index (κ1) is 12.9. The fraction of sp³-hybridized carbons (Fsp3) is 1.00. The number of rotatable bonds is 5. The van der Waals surface area contributed by atoms with Crippen LogP contribution in [0.4, 0.5) is 0 Å². The third kappa shape index (κ3) is 4.96. The molecule has 1 rings (SSSR count). The van der Waals surface area contributed by atoms with Crippen LogP contribution < -0.4 is 5.32 Å². The molecule has 0 aromatic carbocycles. The summed E-state index contributed by atoms with van der Waals surface area (Å²) in [6.45, 7) is 9.29. The van der Waals surface area contributed by atoms with E-state index < -0.39 is 0 Å². The highest BCUT2D eigenvalue weighted by atomic mass is 16.5. The molecule has 0 aromatic rings. The summed E-state index contributed by atoms with van der Waals surface area (Å²) in [5.41, 5.74) is 0.0421. The minimum atomic E-state index is 0.0421. The van der Waals surface area contributed by atoms with Crippen molar-refractivity contribution in [2.75, 3.05) is 26.9 Å². The van der Waals surface area contributed by atoms with E-state index in [-0.39, 0.29) is 5.60 Å². The van der Waals surface area contributed by atoms with Gasteiger partial charge in [-0.1, -0.05) is 6.92 Å². The smallest absolute Gasteiger partial charge is 0.0641 e. The molecule has 0 saturated carbocycles. The van der Waals surface area contributed by atoms with Crippen LogP contribution in [0, 0.1) is 5.92 Å². The summed E-state index contributed by atoms with van der Waals surface area (Å²) >= 11 is 0. The number of hydrogen-bond acceptors (Lipinski definition) is 3. The predicted molar refractivity (Wildman–Crippen MR) is 62.1 cm³/mol. The van der Waals surface area contributed by atoms with Gasteiger partial charge in [0.2, 0.25) is 0 Å². The second kappa shape index (κ2) is 5.83. The van der Waals surface area contributed by atoms with Gasteiger partial charge in [-0.3, -0.25) is 0 Å². The summed E-state index contributed by atoms with van der Waals surface area (Å²) in [6, 6.07) is 0.605. The molecular weight excluding hydrogens is 190 g/mol. The van der Waals surface area contributed by atoms with Crippen molar-refractivity contribution in [2.45, 2.75) is 45.3 Å². The predicted octanol–water partition coefficient (Wildman–Crippen LogP) is 1.82. The summed E-state index contributed by atoms with van der Waals surface area (Å²) in [7, 11) is 1.76. The Morgan fingerprint density at radius 3 is 2.87 bits per heavy atom. The summed E-state index contributed by atoms with van der Waals surface area (Å²) < 4.78 is 10.8. The zero-order chi connectivity index (χ0) is 11.3. The molecule has 1 saturated heterocycles. The van der Waals surface area contributed by atoms with Crippen molar-refractivity contribution in [3.63, 3.8) is 0 Å². The molecule has 0 aliphatic carbocycles. The monoisotopic (exact) mass is 215 g/mol. The zero-order valence-electron chi connectivity index (χ0n) is 10.5. The summed E-state index contributed by atoms with van der Waals surface area (Å²) in [4.78, 5) is 0. The van der Waals surface area contributed by atoms with E-state index in [9.17, 15) is 0 Å². The molecule has 1 N–H and O–H groups in total. The van der Waals surface area contributed by atoms with E-state index in [0.29, 0.717) is 12.0 Å². The van der Waals surface area contributed by atoms with Crippen molar-refractivity contribution < 1.29 is 9.47 Å². The molecule has 1 aliphatic rings. The quantitative estimate of drug-likeness (QED) is 0.759. The van der Waals surface area contributed by atoms with Gasteiger partial charge < -0.3 is 14.8 Å². The van der Waals surface area contributed by atoms with Crippen LogP contribution in [0.25, 0.3) is 0 Å². The van der Waals surface area contributed by atoms with E-state index in [1.54, 1.807) is 7.11 Å². The highest BCUT2D eigenvalue weighted by Gasteiger charge is 2.28. The fourth-order valence-corrected chi connectivity index (χ4v) is 2.12. The Kier molecular flexibility index (Phi) is 5.03. The van der Waals surface area contributed by atoms with E-state index in [2.05, 4.69) is 26.1 Å². The van der Waals surface area contributed by atoms with E-state index in [0.717, 1.165) is 32.6 Å². The van der Waals surface area contributed by atoms with Crippen molar-refractivity contribution in [3.8, 4) is 0 Å². The molecule has 2 atom stereocenters. The molecule has 3 heteroatoms. The minimum Gasteiger partial charge on any atom is -0.384 e. The van der Waals surface area contributed by atoms with Crippen LogP contribution in [0.5, 0.6) is 0 Å². The average molecular weight is 215 g/mol. The second-order valence-corrected chi connectivity index (χ2v) is 5.27. The van der Waals surface area contributed by atoms with Crippen molar-refractivity contribution in [2.24, 2.45) is 5.92 Å². The Balaban J connectivity index is 2.21. The lowest BCUT2D eigenvalue weighted by atomic mass is 9.93. The Morgan fingerprint density at radius 1 is 1.53 bits per heavy atom. The van der Waals surface area contributed by atoms with Gasteiger partial charge in [0.05, 0.1) is 5.60 Å². The topological polar surface area (TPSA) is 30.5 Å². The molecule has 1 heterocycles. The van der Waals surface area contributed by atoms with Crippen molar-refractivity contribution >= 4 is 0 Å². The lowest BCUT2D eigenvalue weighted by Gasteiger charge is -2.36. The Morgan fingerprint density at radius 2 is 2.27 bits per heavy atom. The number of methoxy groups -OCH3 is 1. The van der Waals surface area contributed by atoms with E-state index >= 15 is 0 Å². The maximum Gasteiger partial charge on any atom is 0.0641 e. The molecule has 0 aromatic heterocycles. The average Bonchev–Trinajstić information content (AvgIpc) is 2.14. The van der Waals surface area contributed by atoms with Gasteiger partial charge in [-0.05, 0) is 32.6 Å². The van der Waals surface area contributed by atoms with E-state index in [1.165, 1.54) is 0 Å². The van der Waals surface area contributed by atoms with Gasteiger partial charge >= 0.3 is 0 Å². The number of hydrogen-bond donors (Lipinski definition) is 1. The molecule has 90 valence electrons. The lowest BCUT2D eigenvalue weighted by molar-refractivity contribution is -0.0633. The van der Waals surface area contributed by atoms with Gasteiger partial charge in [-0.15, -0.1) is 0 Å². The third-order valence-electron chi connectivity index (χ3n) is 2.90. The normalized spacial score (nSPS) is 27.6. The van der Waals surface area contributed by atoms with Crippen molar-refractivity contribution in [1.82, 2.24) is 5.32 Å². The minimum absolute atomic E-state index is 0.0421. The molecular formula is C12H25NO2. The van der Waals surface area contributed by atoms with Crippen LogP contribution in [-0.4, -0.2) is 38.5 Å². The van der Waals surface area contributed by atoms with Crippen molar-refractivity contribution in [1.29, 1.82) is 0 Å². The van der Waals surface area contributed by atoms with Gasteiger partial charge in [0, 0.05) is 32.9 Å². The number of ether oxygens (including phenoxy) is 2. The van der Waals surface area contributed by atoms with E-state index in [1.807, 2.05) is 0 Å². The molecule has 0 amide bonds. The molecule has 3 nitrogen and oxygen atoms in total. The van der Waals surface area contributed by atoms with Gasteiger partial charge in [-0.25, -0.2) is 0 Å². The molecule has 15 heavy (non-hydrogen) atoms. The molecule has 0 spiro atoms. The van der Waals surface area contributed by atoms with Crippen LogP contribution in [0.15, 0.2) is 0 Å². The standard InChI is InChI=1S/C12H25NO2/c1-10(9-14-4)8-13-11-5-6-15-12(2,3)7-11/h10-11,13H,5-9H2,1-4H3. The molecule has 2 unspecified atom stereocenters. The summed E-state index contributed by atoms with van der Waals surface area (Å²) in [5, 5.41) is 3.60. The second-order valence-electron chi connectivity index (χ2n) is 5.27. The molecule has 0 radical (unpaired) electrons. The Bertz CT molecular complexity index is 182. The summed E-state index contributed by atoms with van der Waals surface area (Å²) in [6.07, 6.45) is 2.23. The molecule has 1 aliphatic heterocycles. The number of nitrogens with one attached hydrogen (secondary N) is 1. The highest BCUT2D eigenvalue weighted by Crippen LogP contribution is 2.23. The molecule has 1 fully saturated rings. The van der Waals surface area contributed by atoms with Gasteiger partial charge in [0.15, 0.2) is 0 Å². The SMILES string of the molecule is COCC(C)CNC1CCOC(C)(C)C1. The van der Waals surface area contributed by atoms with Crippen LogP contribution in [0.3, 0.4) is 0 Å². The first-order chi connectivity index (χ1) is 7.03. The van der Waals surface area contributed by atoms with E-state index in [4.69, 9.17) is 9.47 Å². The van der Waals surface area contributed by atoms with Crippen LogP contribution >= 0.6 is 0 Å². The van der Waals surface area contributed by atoms with Crippen LogP contribution in [-0.2, 0) is 9.47 Å². The van der Waals surface area contributed by atoms with Gasteiger partial charge in [0.25, 0.3) is 0 Å². The third-order valence-corrected chi connectivity index (χ3v) is 2.90. The van der Waals surface area contributed by atoms with Gasteiger partial charge in [-0.2, -0.15) is 0 Å². The Labute approximate surface area is 93.5 Å². The van der Waals surface area contributed by atoms with Crippen LogP contribution in [0.2, 0.25) is 0 Å².